The number of nitrogens with zero attached hydrogens (tertiary/aromatic N) is 1. The Hall–Kier alpha value is -0.410. The summed E-state index contributed by atoms with van der Waals surface area (Å²) < 4.78 is 0. The second-order valence-corrected chi connectivity index (χ2v) is 4.88. The van der Waals surface area contributed by atoms with E-state index in [0.29, 0.717) is 6.04 Å². The normalized spacial score (nSPS) is 20.1. The Labute approximate surface area is 89.8 Å². The number of rotatable bonds is 4. The van der Waals surface area contributed by atoms with Gasteiger partial charge in [0.2, 0.25) is 0 Å². The Balaban J connectivity index is 2.06. The van der Waals surface area contributed by atoms with E-state index in [0.717, 1.165) is 12.5 Å². The molecule has 1 unspecified atom stereocenters. The van der Waals surface area contributed by atoms with Gasteiger partial charge in [-0.3, -0.25) is 0 Å². The number of hydrogen-bond donors (Lipinski definition) is 1. The van der Waals surface area contributed by atoms with Crippen LogP contribution >= 0.6 is 11.3 Å². The molecule has 1 heterocycles. The van der Waals surface area contributed by atoms with E-state index in [9.17, 15) is 0 Å². The predicted octanol–water partition coefficient (Wildman–Crippen LogP) is 2.98. The smallest absolute Gasteiger partial charge is 0.110 e. The molecule has 1 aromatic rings. The molecular formula is C11H18N2S. The van der Waals surface area contributed by atoms with Crippen molar-refractivity contribution in [3.63, 3.8) is 0 Å². The molecule has 1 saturated carbocycles. The molecule has 0 saturated heterocycles. The Morgan fingerprint density at radius 1 is 1.57 bits per heavy atom. The SMILES string of the molecule is CCNC(c1nccs1)C1CCCC1. The van der Waals surface area contributed by atoms with Gasteiger partial charge in [0.05, 0.1) is 6.04 Å². The number of hydrogen-bond acceptors (Lipinski definition) is 3. The molecule has 1 aromatic heterocycles. The average molecular weight is 210 g/mol. The lowest BCUT2D eigenvalue weighted by molar-refractivity contribution is 0.373. The molecule has 3 heteroatoms. The molecule has 0 amide bonds. The molecule has 2 nitrogen and oxygen atoms in total. The summed E-state index contributed by atoms with van der Waals surface area (Å²) in [5, 5.41) is 6.93. The topological polar surface area (TPSA) is 24.9 Å². The van der Waals surface area contributed by atoms with Crippen LogP contribution in [0.1, 0.15) is 43.7 Å². The first-order valence-electron chi connectivity index (χ1n) is 5.54. The highest BCUT2D eigenvalue weighted by atomic mass is 32.1. The fraction of sp³-hybridized carbons (Fsp3) is 0.727. The first-order valence-corrected chi connectivity index (χ1v) is 6.42. The summed E-state index contributed by atoms with van der Waals surface area (Å²) in [6.07, 6.45) is 7.46. The molecule has 0 spiro atoms. The maximum atomic E-state index is 4.44. The summed E-state index contributed by atoms with van der Waals surface area (Å²) in [6.45, 7) is 3.22. The number of aromatic nitrogens is 1. The van der Waals surface area contributed by atoms with Gasteiger partial charge in [-0.25, -0.2) is 4.98 Å². The first-order chi connectivity index (χ1) is 6.92. The maximum Gasteiger partial charge on any atom is 0.110 e. The highest BCUT2D eigenvalue weighted by molar-refractivity contribution is 7.09. The van der Waals surface area contributed by atoms with Gasteiger partial charge in [0.25, 0.3) is 0 Å². The van der Waals surface area contributed by atoms with Gasteiger partial charge in [-0.05, 0) is 25.3 Å². The molecule has 0 bridgehead atoms. The lowest BCUT2D eigenvalue weighted by atomic mass is 9.99. The summed E-state index contributed by atoms with van der Waals surface area (Å²) in [4.78, 5) is 4.44. The van der Waals surface area contributed by atoms with E-state index in [1.807, 2.05) is 6.20 Å². The van der Waals surface area contributed by atoms with Crippen molar-refractivity contribution in [3.05, 3.63) is 16.6 Å². The lowest BCUT2D eigenvalue weighted by Gasteiger charge is -2.21. The second-order valence-electron chi connectivity index (χ2n) is 3.95. The third kappa shape index (κ3) is 2.15. The molecule has 14 heavy (non-hydrogen) atoms. The van der Waals surface area contributed by atoms with E-state index in [2.05, 4.69) is 22.6 Å². The third-order valence-electron chi connectivity index (χ3n) is 3.01. The summed E-state index contributed by atoms with van der Waals surface area (Å²) in [5.41, 5.74) is 0. The van der Waals surface area contributed by atoms with Crippen molar-refractivity contribution in [1.29, 1.82) is 0 Å². The Bertz CT molecular complexity index is 252. The van der Waals surface area contributed by atoms with Gasteiger partial charge in [-0.2, -0.15) is 0 Å². The minimum atomic E-state index is 0.516. The maximum absolute atomic E-state index is 4.44. The molecular weight excluding hydrogens is 192 g/mol. The quantitative estimate of drug-likeness (QED) is 0.826. The number of nitrogens with one attached hydrogen (secondary N) is 1. The summed E-state index contributed by atoms with van der Waals surface area (Å²) in [5.74, 6) is 0.820. The minimum absolute atomic E-state index is 0.516. The van der Waals surface area contributed by atoms with Crippen LogP contribution in [-0.4, -0.2) is 11.5 Å². The van der Waals surface area contributed by atoms with Crippen molar-refractivity contribution in [2.75, 3.05) is 6.54 Å². The molecule has 1 N–H and O–H groups in total. The molecule has 78 valence electrons. The van der Waals surface area contributed by atoms with E-state index in [-0.39, 0.29) is 0 Å². The van der Waals surface area contributed by atoms with Crippen LogP contribution in [0.4, 0.5) is 0 Å². The van der Waals surface area contributed by atoms with E-state index in [4.69, 9.17) is 0 Å². The minimum Gasteiger partial charge on any atom is -0.308 e. The van der Waals surface area contributed by atoms with Crippen LogP contribution in [0.5, 0.6) is 0 Å². The first kappa shape index (κ1) is 10.1. The van der Waals surface area contributed by atoms with Crippen molar-refractivity contribution in [2.24, 2.45) is 5.92 Å². The van der Waals surface area contributed by atoms with E-state index < -0.39 is 0 Å². The average Bonchev–Trinajstić information content (AvgIpc) is 2.87. The predicted molar refractivity (Wildman–Crippen MR) is 60.5 cm³/mol. The van der Waals surface area contributed by atoms with Gasteiger partial charge >= 0.3 is 0 Å². The fourth-order valence-corrected chi connectivity index (χ4v) is 3.16. The molecule has 2 rings (SSSR count). The molecule has 1 aliphatic carbocycles. The van der Waals surface area contributed by atoms with E-state index in [1.165, 1.54) is 30.7 Å². The van der Waals surface area contributed by atoms with Crippen LogP contribution in [0.15, 0.2) is 11.6 Å². The Morgan fingerprint density at radius 3 is 2.93 bits per heavy atom. The van der Waals surface area contributed by atoms with Gasteiger partial charge in [0, 0.05) is 11.6 Å². The summed E-state index contributed by atoms with van der Waals surface area (Å²) in [6, 6.07) is 0.516. The van der Waals surface area contributed by atoms with Crippen LogP contribution in [0, 0.1) is 5.92 Å². The van der Waals surface area contributed by atoms with Crippen molar-refractivity contribution in [3.8, 4) is 0 Å². The zero-order valence-corrected chi connectivity index (χ0v) is 9.52. The molecule has 0 aromatic carbocycles. The highest BCUT2D eigenvalue weighted by Gasteiger charge is 2.26. The van der Waals surface area contributed by atoms with E-state index >= 15 is 0 Å². The standard InChI is InChI=1S/C11H18N2S/c1-2-12-10(9-5-3-4-6-9)11-13-7-8-14-11/h7-10,12H,2-6H2,1H3. The van der Waals surface area contributed by atoms with Crippen molar-refractivity contribution in [2.45, 2.75) is 38.6 Å². The van der Waals surface area contributed by atoms with Crippen LogP contribution in [-0.2, 0) is 0 Å². The largest absolute Gasteiger partial charge is 0.308 e. The van der Waals surface area contributed by atoms with Crippen molar-refractivity contribution >= 4 is 11.3 Å². The van der Waals surface area contributed by atoms with Gasteiger partial charge < -0.3 is 5.32 Å². The van der Waals surface area contributed by atoms with Crippen LogP contribution in [0.25, 0.3) is 0 Å². The van der Waals surface area contributed by atoms with E-state index in [1.54, 1.807) is 11.3 Å². The van der Waals surface area contributed by atoms with Gasteiger partial charge in [-0.1, -0.05) is 19.8 Å². The zero-order chi connectivity index (χ0) is 9.80. The van der Waals surface area contributed by atoms with Gasteiger partial charge in [0.15, 0.2) is 0 Å². The summed E-state index contributed by atoms with van der Waals surface area (Å²) in [7, 11) is 0. The Kier molecular flexibility index (Phi) is 3.54. The third-order valence-corrected chi connectivity index (χ3v) is 3.87. The number of thiazole rings is 1. The molecule has 1 aliphatic rings. The lowest BCUT2D eigenvalue weighted by Crippen LogP contribution is -2.26. The fourth-order valence-electron chi connectivity index (χ4n) is 2.35. The van der Waals surface area contributed by atoms with Crippen LogP contribution < -0.4 is 5.32 Å². The van der Waals surface area contributed by atoms with Crippen LogP contribution in [0.2, 0.25) is 0 Å². The zero-order valence-electron chi connectivity index (χ0n) is 8.70. The summed E-state index contributed by atoms with van der Waals surface area (Å²) >= 11 is 1.78. The van der Waals surface area contributed by atoms with Crippen molar-refractivity contribution < 1.29 is 0 Å². The molecule has 0 aliphatic heterocycles. The second kappa shape index (κ2) is 4.89. The van der Waals surface area contributed by atoms with Gasteiger partial charge in [-0.15, -0.1) is 11.3 Å². The van der Waals surface area contributed by atoms with Crippen molar-refractivity contribution in [1.82, 2.24) is 10.3 Å². The molecule has 0 radical (unpaired) electrons. The van der Waals surface area contributed by atoms with Gasteiger partial charge in [0.1, 0.15) is 5.01 Å². The molecule has 1 atom stereocenters. The monoisotopic (exact) mass is 210 g/mol. The highest BCUT2D eigenvalue weighted by Crippen LogP contribution is 2.36. The molecule has 1 fully saturated rings. The van der Waals surface area contributed by atoms with Crippen LogP contribution in [0.3, 0.4) is 0 Å². The Morgan fingerprint density at radius 2 is 2.36 bits per heavy atom.